The number of carboxylic acids is 1. The summed E-state index contributed by atoms with van der Waals surface area (Å²) in [5.41, 5.74) is 8.27. The third-order valence-electron chi connectivity index (χ3n) is 6.45. The van der Waals surface area contributed by atoms with Crippen LogP contribution in [0.5, 0.6) is 0 Å². The lowest BCUT2D eigenvalue weighted by molar-refractivity contribution is -0.131. The highest BCUT2D eigenvalue weighted by Gasteiger charge is 2.23. The van der Waals surface area contributed by atoms with Crippen molar-refractivity contribution in [3.63, 3.8) is 0 Å². The molecule has 0 radical (unpaired) electrons. The van der Waals surface area contributed by atoms with Crippen molar-refractivity contribution < 1.29 is 14.3 Å². The summed E-state index contributed by atoms with van der Waals surface area (Å²) in [6.07, 6.45) is 11.3. The van der Waals surface area contributed by atoms with Gasteiger partial charge in [-0.15, -0.1) is 0 Å². The van der Waals surface area contributed by atoms with Gasteiger partial charge in [-0.3, -0.25) is 4.98 Å². The summed E-state index contributed by atoms with van der Waals surface area (Å²) in [7, 11) is 0. The summed E-state index contributed by atoms with van der Waals surface area (Å²) in [4.78, 5) is 15.3. The number of aromatic nitrogens is 1. The standard InChI is InChI=1S/C30H27ClFNO2/c1-3-25(26-12-11-24(32)17-28(26)31)30(22-9-5-20(6-10-22)7-13-29(34)35)27-16-23-18-33-15-14-21(23)8-4-19(27)2/h5-7,9-19H,3-4,8H2,1-2H3,(H,34,35)/b13-7+,30-25+. The van der Waals surface area contributed by atoms with E-state index in [1.54, 1.807) is 12.1 Å². The Morgan fingerprint density at radius 3 is 2.66 bits per heavy atom. The number of pyridine rings is 1. The Morgan fingerprint density at radius 1 is 1.20 bits per heavy atom. The number of allylic oxidation sites excluding steroid dienone is 3. The lowest BCUT2D eigenvalue weighted by Crippen LogP contribution is -2.05. The Balaban J connectivity index is 1.96. The first-order valence-electron chi connectivity index (χ1n) is 11.7. The molecule has 0 saturated heterocycles. The van der Waals surface area contributed by atoms with Gasteiger partial charge in [-0.25, -0.2) is 9.18 Å². The molecular weight excluding hydrogens is 461 g/mol. The molecule has 3 aromatic rings. The minimum atomic E-state index is -0.987. The predicted molar refractivity (Wildman–Crippen MR) is 141 cm³/mol. The Labute approximate surface area is 210 Å². The van der Waals surface area contributed by atoms with Crippen LogP contribution in [0.4, 0.5) is 4.39 Å². The first-order chi connectivity index (χ1) is 16.9. The van der Waals surface area contributed by atoms with Gasteiger partial charge in [-0.1, -0.05) is 55.8 Å². The fraction of sp³-hybridized carbons (Fsp3) is 0.200. The third-order valence-corrected chi connectivity index (χ3v) is 6.77. The molecule has 0 fully saturated rings. The monoisotopic (exact) mass is 487 g/mol. The Bertz CT molecular complexity index is 1340. The van der Waals surface area contributed by atoms with Crippen LogP contribution in [0.2, 0.25) is 5.02 Å². The molecule has 0 aliphatic heterocycles. The fourth-order valence-electron chi connectivity index (χ4n) is 4.63. The molecule has 1 aromatic heterocycles. The van der Waals surface area contributed by atoms with Crippen LogP contribution in [0.3, 0.4) is 0 Å². The van der Waals surface area contributed by atoms with Gasteiger partial charge in [0.1, 0.15) is 5.82 Å². The molecule has 1 atom stereocenters. The van der Waals surface area contributed by atoms with Gasteiger partial charge in [0.15, 0.2) is 0 Å². The number of carbonyl (C=O) groups is 1. The van der Waals surface area contributed by atoms with Crippen LogP contribution in [-0.2, 0) is 11.2 Å². The van der Waals surface area contributed by atoms with Crippen LogP contribution in [0.1, 0.15) is 54.5 Å². The van der Waals surface area contributed by atoms with E-state index in [0.717, 1.165) is 52.3 Å². The zero-order valence-electron chi connectivity index (χ0n) is 19.8. The fourth-order valence-corrected chi connectivity index (χ4v) is 4.91. The molecule has 1 aliphatic carbocycles. The van der Waals surface area contributed by atoms with Gasteiger partial charge in [-0.05, 0) is 100 Å². The van der Waals surface area contributed by atoms with E-state index in [1.165, 1.54) is 23.3 Å². The Hall–Kier alpha value is -3.50. The normalized spacial score (nSPS) is 16.3. The average molecular weight is 488 g/mol. The summed E-state index contributed by atoms with van der Waals surface area (Å²) in [5, 5.41) is 9.33. The maximum atomic E-state index is 13.9. The number of fused-ring (bicyclic) bond motifs is 1. The minimum Gasteiger partial charge on any atom is -0.478 e. The first-order valence-corrected chi connectivity index (χ1v) is 12.1. The second kappa shape index (κ2) is 10.8. The molecule has 4 rings (SSSR count). The zero-order valence-corrected chi connectivity index (χ0v) is 20.5. The molecular formula is C30H27ClFNO2. The molecule has 0 saturated carbocycles. The summed E-state index contributed by atoms with van der Waals surface area (Å²) < 4.78 is 13.9. The van der Waals surface area contributed by atoms with Gasteiger partial charge in [0, 0.05) is 18.5 Å². The Kier molecular flexibility index (Phi) is 7.62. The maximum absolute atomic E-state index is 13.9. The zero-order chi connectivity index (χ0) is 24.9. The van der Waals surface area contributed by atoms with E-state index < -0.39 is 5.97 Å². The molecule has 2 aromatic carbocycles. The summed E-state index contributed by atoms with van der Waals surface area (Å²) in [6.45, 7) is 4.31. The quantitative estimate of drug-likeness (QED) is 0.283. The minimum absolute atomic E-state index is 0.268. The molecule has 1 aliphatic rings. The SMILES string of the molecule is CC/C(=C(\C1=Cc2cnccc2CCC1C)c1ccc(/C=C/C(=O)O)cc1)c1ccc(F)cc1Cl. The van der Waals surface area contributed by atoms with E-state index in [1.807, 2.05) is 36.7 Å². The number of halogens is 2. The van der Waals surface area contributed by atoms with Crippen LogP contribution in [0, 0.1) is 11.7 Å². The van der Waals surface area contributed by atoms with Gasteiger partial charge in [-0.2, -0.15) is 0 Å². The van der Waals surface area contributed by atoms with Crippen molar-refractivity contribution in [1.82, 2.24) is 4.98 Å². The second-order valence-corrected chi connectivity index (χ2v) is 9.15. The molecule has 3 nitrogen and oxygen atoms in total. The van der Waals surface area contributed by atoms with Crippen molar-refractivity contribution in [2.75, 3.05) is 0 Å². The average Bonchev–Trinajstić information content (AvgIpc) is 3.01. The first kappa shape index (κ1) is 24.6. The molecule has 178 valence electrons. The van der Waals surface area contributed by atoms with Crippen molar-refractivity contribution in [3.05, 3.63) is 111 Å². The Morgan fingerprint density at radius 2 is 1.97 bits per heavy atom. The van der Waals surface area contributed by atoms with E-state index in [-0.39, 0.29) is 11.7 Å². The number of carboxylic acid groups (broad SMARTS) is 1. The number of aryl methyl sites for hydroxylation is 1. The van der Waals surface area contributed by atoms with E-state index in [0.29, 0.717) is 11.4 Å². The third kappa shape index (κ3) is 5.60. The highest BCUT2D eigenvalue weighted by molar-refractivity contribution is 6.32. The van der Waals surface area contributed by atoms with E-state index in [9.17, 15) is 9.18 Å². The largest absolute Gasteiger partial charge is 0.478 e. The number of rotatable bonds is 6. The van der Waals surface area contributed by atoms with Crippen molar-refractivity contribution >= 4 is 40.9 Å². The van der Waals surface area contributed by atoms with Crippen molar-refractivity contribution in [2.45, 2.75) is 33.1 Å². The maximum Gasteiger partial charge on any atom is 0.328 e. The van der Waals surface area contributed by atoms with Crippen LogP contribution in [0.25, 0.3) is 23.3 Å². The van der Waals surface area contributed by atoms with Crippen LogP contribution >= 0.6 is 11.6 Å². The van der Waals surface area contributed by atoms with Crippen molar-refractivity contribution in [2.24, 2.45) is 5.92 Å². The van der Waals surface area contributed by atoms with E-state index >= 15 is 0 Å². The van der Waals surface area contributed by atoms with Crippen LogP contribution < -0.4 is 0 Å². The summed E-state index contributed by atoms with van der Waals surface area (Å²) in [5.74, 6) is -1.09. The highest BCUT2D eigenvalue weighted by atomic mass is 35.5. The van der Waals surface area contributed by atoms with Crippen molar-refractivity contribution in [1.29, 1.82) is 0 Å². The number of hydrogen-bond donors (Lipinski definition) is 1. The van der Waals surface area contributed by atoms with Gasteiger partial charge < -0.3 is 5.11 Å². The topological polar surface area (TPSA) is 50.2 Å². The molecule has 0 amide bonds. The second-order valence-electron chi connectivity index (χ2n) is 8.74. The van der Waals surface area contributed by atoms with Gasteiger partial charge in [0.05, 0.1) is 5.02 Å². The van der Waals surface area contributed by atoms with Crippen molar-refractivity contribution in [3.8, 4) is 0 Å². The molecule has 35 heavy (non-hydrogen) atoms. The molecule has 0 spiro atoms. The lowest BCUT2D eigenvalue weighted by Gasteiger charge is -2.23. The highest BCUT2D eigenvalue weighted by Crippen LogP contribution is 2.43. The van der Waals surface area contributed by atoms with Gasteiger partial charge in [0.25, 0.3) is 0 Å². The van der Waals surface area contributed by atoms with Crippen LogP contribution in [-0.4, -0.2) is 16.1 Å². The van der Waals surface area contributed by atoms with Gasteiger partial charge >= 0.3 is 5.97 Å². The number of benzene rings is 2. The molecule has 1 N–H and O–H groups in total. The molecule has 1 unspecified atom stereocenters. The molecule has 5 heteroatoms. The van der Waals surface area contributed by atoms with Crippen LogP contribution in [0.15, 0.2) is 72.6 Å². The van der Waals surface area contributed by atoms with Gasteiger partial charge in [0.2, 0.25) is 0 Å². The number of aliphatic carboxylic acids is 1. The molecule has 1 heterocycles. The number of hydrogen-bond acceptors (Lipinski definition) is 2. The summed E-state index contributed by atoms with van der Waals surface area (Å²) in [6, 6.07) is 14.5. The lowest BCUT2D eigenvalue weighted by atomic mass is 9.81. The smallest absolute Gasteiger partial charge is 0.328 e. The van der Waals surface area contributed by atoms with E-state index in [4.69, 9.17) is 16.7 Å². The number of nitrogens with zero attached hydrogens (tertiary/aromatic N) is 1. The van der Waals surface area contributed by atoms with E-state index in [2.05, 4.69) is 31.0 Å². The summed E-state index contributed by atoms with van der Waals surface area (Å²) >= 11 is 6.55. The predicted octanol–water partition coefficient (Wildman–Crippen LogP) is 7.96. The molecule has 0 bridgehead atoms.